The Labute approximate surface area is 121 Å². The van der Waals surface area contributed by atoms with Crippen molar-refractivity contribution in [2.24, 2.45) is 11.1 Å². The molecule has 3 rings (SSSR count). The van der Waals surface area contributed by atoms with Crippen LogP contribution < -0.4 is 5.73 Å². The Hall–Kier alpha value is -0.930. The van der Waals surface area contributed by atoms with E-state index in [-0.39, 0.29) is 0 Å². The van der Waals surface area contributed by atoms with Gasteiger partial charge in [-0.2, -0.15) is 0 Å². The van der Waals surface area contributed by atoms with Crippen molar-refractivity contribution in [1.82, 2.24) is 4.90 Å². The minimum atomic E-state index is 0.408. The molecular weight excluding hydrogens is 252 g/mol. The lowest BCUT2D eigenvalue weighted by Gasteiger charge is -2.26. The molecule has 0 amide bonds. The third kappa shape index (κ3) is 3.15. The molecular formula is C16H22N2S. The number of aryl methyl sites for hydroxylation is 1. The zero-order chi connectivity index (χ0) is 13.3. The van der Waals surface area contributed by atoms with Crippen LogP contribution in [0.15, 0.2) is 24.3 Å². The normalized spacial score (nSPS) is 21.5. The molecule has 102 valence electrons. The summed E-state index contributed by atoms with van der Waals surface area (Å²) in [4.78, 5) is 3.30. The predicted molar refractivity (Wildman–Crippen MR) is 83.1 cm³/mol. The Morgan fingerprint density at radius 2 is 2.00 bits per heavy atom. The molecule has 2 aliphatic rings. The first kappa shape index (κ1) is 13.1. The zero-order valence-electron chi connectivity index (χ0n) is 11.4. The van der Waals surface area contributed by atoms with Gasteiger partial charge in [0.25, 0.3) is 0 Å². The molecule has 0 radical (unpaired) electrons. The van der Waals surface area contributed by atoms with E-state index in [1.54, 1.807) is 0 Å². The van der Waals surface area contributed by atoms with Crippen LogP contribution in [0.4, 0.5) is 0 Å². The second kappa shape index (κ2) is 5.22. The van der Waals surface area contributed by atoms with Crippen molar-refractivity contribution in [3.05, 3.63) is 35.4 Å². The van der Waals surface area contributed by atoms with Gasteiger partial charge < -0.3 is 5.73 Å². The molecule has 3 heteroatoms. The quantitative estimate of drug-likeness (QED) is 0.856. The van der Waals surface area contributed by atoms with Gasteiger partial charge in [0.05, 0.1) is 4.99 Å². The molecule has 1 aromatic rings. The summed E-state index contributed by atoms with van der Waals surface area (Å²) in [6.45, 7) is 3.46. The van der Waals surface area contributed by atoms with Crippen LogP contribution in [-0.2, 0) is 13.0 Å². The van der Waals surface area contributed by atoms with E-state index in [1.807, 2.05) is 0 Å². The summed E-state index contributed by atoms with van der Waals surface area (Å²) < 4.78 is 0. The van der Waals surface area contributed by atoms with Crippen LogP contribution in [-0.4, -0.2) is 23.0 Å². The number of nitrogens with zero attached hydrogens (tertiary/aromatic N) is 1. The van der Waals surface area contributed by atoms with Crippen LogP contribution in [0.2, 0.25) is 0 Å². The van der Waals surface area contributed by atoms with Crippen LogP contribution >= 0.6 is 12.2 Å². The van der Waals surface area contributed by atoms with Gasteiger partial charge in [0.15, 0.2) is 0 Å². The van der Waals surface area contributed by atoms with E-state index in [2.05, 4.69) is 29.2 Å². The molecule has 0 atom stereocenters. The van der Waals surface area contributed by atoms with Crippen molar-refractivity contribution in [2.75, 3.05) is 13.1 Å². The number of fused-ring (bicyclic) bond motifs is 1. The minimum Gasteiger partial charge on any atom is -0.393 e. The highest BCUT2D eigenvalue weighted by Crippen LogP contribution is 2.49. The van der Waals surface area contributed by atoms with Gasteiger partial charge in [-0.3, -0.25) is 4.90 Å². The van der Waals surface area contributed by atoms with E-state index >= 15 is 0 Å². The number of hydrogen-bond donors (Lipinski definition) is 1. The smallest absolute Gasteiger partial charge is 0.0733 e. The summed E-state index contributed by atoms with van der Waals surface area (Å²) in [5.74, 6) is 0. The molecule has 1 aliphatic carbocycles. The summed E-state index contributed by atoms with van der Waals surface area (Å²) >= 11 is 5.10. The fourth-order valence-corrected chi connectivity index (χ4v) is 3.62. The SMILES string of the molecule is NC(=S)CC1(CN2CCCc3ccccc3C2)CC1. The van der Waals surface area contributed by atoms with E-state index in [0.717, 1.165) is 13.0 Å². The maximum Gasteiger partial charge on any atom is 0.0733 e. The largest absolute Gasteiger partial charge is 0.393 e. The highest BCUT2D eigenvalue weighted by atomic mass is 32.1. The monoisotopic (exact) mass is 274 g/mol. The summed E-state index contributed by atoms with van der Waals surface area (Å²) in [5.41, 5.74) is 9.19. The number of thiocarbonyl (C=S) groups is 1. The van der Waals surface area contributed by atoms with E-state index in [4.69, 9.17) is 18.0 Å². The molecule has 2 N–H and O–H groups in total. The standard InChI is InChI=1S/C16H22N2S/c17-15(19)10-16(7-8-16)12-18-9-3-6-13-4-1-2-5-14(13)11-18/h1-2,4-5H,3,6-12H2,(H2,17,19). The average Bonchev–Trinajstić information content (AvgIpc) is 3.12. The fourth-order valence-electron chi connectivity index (χ4n) is 3.32. The van der Waals surface area contributed by atoms with E-state index < -0.39 is 0 Å². The maximum atomic E-state index is 5.74. The number of hydrogen-bond acceptors (Lipinski definition) is 2. The summed E-state index contributed by atoms with van der Waals surface area (Å²) in [5, 5.41) is 0. The van der Waals surface area contributed by atoms with E-state index in [9.17, 15) is 0 Å². The highest BCUT2D eigenvalue weighted by Gasteiger charge is 2.44. The number of nitrogens with two attached hydrogens (primary N) is 1. The first-order valence-electron chi connectivity index (χ1n) is 7.24. The molecule has 1 aliphatic heterocycles. The molecule has 1 aromatic carbocycles. The van der Waals surface area contributed by atoms with Gasteiger partial charge in [-0.25, -0.2) is 0 Å². The zero-order valence-corrected chi connectivity index (χ0v) is 12.2. The van der Waals surface area contributed by atoms with Crippen molar-refractivity contribution in [2.45, 2.75) is 38.6 Å². The first-order chi connectivity index (χ1) is 9.17. The molecule has 1 saturated carbocycles. The lowest BCUT2D eigenvalue weighted by atomic mass is 10.0. The minimum absolute atomic E-state index is 0.408. The van der Waals surface area contributed by atoms with Gasteiger partial charge in [-0.05, 0) is 48.8 Å². The van der Waals surface area contributed by atoms with Crippen molar-refractivity contribution in [1.29, 1.82) is 0 Å². The van der Waals surface area contributed by atoms with Crippen LogP contribution in [0.25, 0.3) is 0 Å². The Morgan fingerprint density at radius 3 is 2.68 bits per heavy atom. The number of benzene rings is 1. The van der Waals surface area contributed by atoms with Gasteiger partial charge in [-0.15, -0.1) is 0 Å². The highest BCUT2D eigenvalue weighted by molar-refractivity contribution is 7.80. The molecule has 0 aromatic heterocycles. The molecule has 1 fully saturated rings. The van der Waals surface area contributed by atoms with Crippen molar-refractivity contribution >= 4 is 17.2 Å². The van der Waals surface area contributed by atoms with Gasteiger partial charge in [-0.1, -0.05) is 36.5 Å². The Kier molecular flexibility index (Phi) is 3.59. The molecule has 0 bridgehead atoms. The Balaban J connectivity index is 1.68. The third-order valence-electron chi connectivity index (χ3n) is 4.50. The molecule has 19 heavy (non-hydrogen) atoms. The predicted octanol–water partition coefficient (Wildman–Crippen LogP) is 2.89. The fraction of sp³-hybridized carbons (Fsp3) is 0.562. The van der Waals surface area contributed by atoms with Gasteiger partial charge in [0.1, 0.15) is 0 Å². The second-order valence-corrected chi connectivity index (χ2v) is 6.75. The van der Waals surface area contributed by atoms with Gasteiger partial charge in [0.2, 0.25) is 0 Å². The number of rotatable bonds is 4. The molecule has 0 spiro atoms. The lowest BCUT2D eigenvalue weighted by Crippen LogP contribution is -2.32. The Morgan fingerprint density at radius 1 is 1.26 bits per heavy atom. The molecule has 2 nitrogen and oxygen atoms in total. The van der Waals surface area contributed by atoms with Gasteiger partial charge in [0, 0.05) is 19.5 Å². The molecule has 0 saturated heterocycles. The van der Waals surface area contributed by atoms with Gasteiger partial charge >= 0.3 is 0 Å². The summed E-state index contributed by atoms with van der Waals surface area (Å²) in [7, 11) is 0. The third-order valence-corrected chi connectivity index (χ3v) is 4.64. The van der Waals surface area contributed by atoms with E-state index in [0.29, 0.717) is 10.4 Å². The first-order valence-corrected chi connectivity index (χ1v) is 7.65. The van der Waals surface area contributed by atoms with Crippen LogP contribution in [0, 0.1) is 5.41 Å². The van der Waals surface area contributed by atoms with Crippen molar-refractivity contribution in [3.63, 3.8) is 0 Å². The van der Waals surface area contributed by atoms with E-state index in [1.165, 1.54) is 49.9 Å². The summed E-state index contributed by atoms with van der Waals surface area (Å²) in [6, 6.07) is 8.87. The molecule has 1 heterocycles. The Bertz CT molecular complexity index is 479. The lowest BCUT2D eigenvalue weighted by molar-refractivity contribution is 0.217. The summed E-state index contributed by atoms with van der Waals surface area (Å²) in [6.07, 6.45) is 6.00. The van der Waals surface area contributed by atoms with Crippen molar-refractivity contribution < 1.29 is 0 Å². The average molecular weight is 274 g/mol. The van der Waals surface area contributed by atoms with Crippen LogP contribution in [0.1, 0.15) is 36.8 Å². The van der Waals surface area contributed by atoms with Crippen LogP contribution in [0.5, 0.6) is 0 Å². The van der Waals surface area contributed by atoms with Crippen LogP contribution in [0.3, 0.4) is 0 Å². The molecule has 0 unspecified atom stereocenters. The topological polar surface area (TPSA) is 29.3 Å². The van der Waals surface area contributed by atoms with Crippen molar-refractivity contribution in [3.8, 4) is 0 Å². The maximum absolute atomic E-state index is 5.74. The second-order valence-electron chi connectivity index (χ2n) is 6.23.